The second kappa shape index (κ2) is 8.91. The summed E-state index contributed by atoms with van der Waals surface area (Å²) in [4.78, 5) is 26.9. The number of hydrogen-bond donors (Lipinski definition) is 0. The van der Waals surface area contributed by atoms with E-state index in [9.17, 15) is 9.59 Å². The maximum absolute atomic E-state index is 12.7. The van der Waals surface area contributed by atoms with Gasteiger partial charge in [0.15, 0.2) is 0 Å². The van der Waals surface area contributed by atoms with Crippen LogP contribution in [0.1, 0.15) is 30.1 Å². The van der Waals surface area contributed by atoms with Crippen molar-refractivity contribution in [2.45, 2.75) is 19.8 Å². The van der Waals surface area contributed by atoms with Crippen LogP contribution in [0.3, 0.4) is 0 Å². The number of halogens is 1. The molecule has 2 aromatic rings. The molecule has 0 aromatic heterocycles. The van der Waals surface area contributed by atoms with E-state index in [0.717, 1.165) is 12.2 Å². The number of benzene rings is 2. The molecule has 0 spiro atoms. The van der Waals surface area contributed by atoms with Gasteiger partial charge in [-0.3, -0.25) is 9.59 Å². The van der Waals surface area contributed by atoms with Crippen LogP contribution in [0, 0.1) is 5.92 Å². The molecule has 1 amide bonds. The number of nitrogens with zero attached hydrogens (tertiary/aromatic N) is 1. The van der Waals surface area contributed by atoms with Crippen molar-refractivity contribution in [3.05, 3.63) is 59.1 Å². The molecule has 6 heteroatoms. The molecule has 0 saturated carbocycles. The van der Waals surface area contributed by atoms with Crippen molar-refractivity contribution >= 4 is 23.5 Å². The molecule has 2 aromatic carbocycles. The number of esters is 1. The van der Waals surface area contributed by atoms with Gasteiger partial charge in [0.05, 0.1) is 12.5 Å². The van der Waals surface area contributed by atoms with Crippen LogP contribution >= 0.6 is 11.6 Å². The van der Waals surface area contributed by atoms with Crippen LogP contribution in [-0.4, -0.2) is 36.5 Å². The number of ether oxygens (including phenoxy) is 2. The van der Waals surface area contributed by atoms with Crippen LogP contribution in [0.4, 0.5) is 0 Å². The van der Waals surface area contributed by atoms with Gasteiger partial charge in [0.2, 0.25) is 0 Å². The van der Waals surface area contributed by atoms with E-state index in [1.165, 1.54) is 0 Å². The first-order valence-electron chi connectivity index (χ1n) is 9.06. The highest BCUT2D eigenvalue weighted by atomic mass is 35.5. The summed E-state index contributed by atoms with van der Waals surface area (Å²) in [6.07, 6.45) is 1.47. The van der Waals surface area contributed by atoms with E-state index in [2.05, 4.69) is 0 Å². The van der Waals surface area contributed by atoms with E-state index in [1.807, 2.05) is 6.92 Å². The first kappa shape index (κ1) is 19.2. The van der Waals surface area contributed by atoms with Gasteiger partial charge in [-0.05, 0) is 68.3 Å². The fourth-order valence-corrected chi connectivity index (χ4v) is 3.23. The lowest BCUT2D eigenvalue weighted by atomic mass is 9.97. The monoisotopic (exact) mass is 387 g/mol. The van der Waals surface area contributed by atoms with E-state index >= 15 is 0 Å². The summed E-state index contributed by atoms with van der Waals surface area (Å²) in [6, 6.07) is 13.7. The fraction of sp³-hybridized carbons (Fsp3) is 0.333. The SMILES string of the molecule is CCOc1ccc(OC(=O)[C@@H]2CCCN(C(=O)c3ccc(Cl)cc3)C2)cc1. The van der Waals surface area contributed by atoms with E-state index in [1.54, 1.807) is 53.4 Å². The first-order valence-corrected chi connectivity index (χ1v) is 9.44. The number of hydrogen-bond acceptors (Lipinski definition) is 4. The summed E-state index contributed by atoms with van der Waals surface area (Å²) in [5, 5.41) is 0.585. The van der Waals surface area contributed by atoms with E-state index in [0.29, 0.717) is 42.5 Å². The Bertz CT molecular complexity index is 789. The van der Waals surface area contributed by atoms with Gasteiger partial charge >= 0.3 is 5.97 Å². The maximum atomic E-state index is 12.7. The van der Waals surface area contributed by atoms with Gasteiger partial charge in [0, 0.05) is 23.7 Å². The minimum absolute atomic E-state index is 0.0924. The predicted octanol–water partition coefficient (Wildman–Crippen LogP) is 4.20. The Labute approximate surface area is 163 Å². The predicted molar refractivity (Wildman–Crippen MR) is 103 cm³/mol. The smallest absolute Gasteiger partial charge is 0.316 e. The number of amides is 1. The molecule has 5 nitrogen and oxygen atoms in total. The molecule has 1 fully saturated rings. The average Bonchev–Trinajstić information content (AvgIpc) is 2.70. The summed E-state index contributed by atoms with van der Waals surface area (Å²) < 4.78 is 10.9. The van der Waals surface area contributed by atoms with Crippen molar-refractivity contribution in [2.75, 3.05) is 19.7 Å². The molecule has 1 heterocycles. The van der Waals surface area contributed by atoms with Crippen LogP contribution in [-0.2, 0) is 4.79 Å². The molecule has 1 aliphatic heterocycles. The lowest BCUT2D eigenvalue weighted by Crippen LogP contribution is -2.43. The van der Waals surface area contributed by atoms with Crippen LogP contribution in [0.25, 0.3) is 0 Å². The largest absolute Gasteiger partial charge is 0.494 e. The Morgan fingerprint density at radius 2 is 1.74 bits per heavy atom. The molecule has 1 saturated heterocycles. The molecule has 0 radical (unpaired) electrons. The molecule has 1 aliphatic rings. The van der Waals surface area contributed by atoms with Crippen LogP contribution in [0.2, 0.25) is 5.02 Å². The van der Waals surface area contributed by atoms with Gasteiger partial charge < -0.3 is 14.4 Å². The minimum atomic E-state index is -0.332. The fourth-order valence-electron chi connectivity index (χ4n) is 3.10. The summed E-state index contributed by atoms with van der Waals surface area (Å²) in [7, 11) is 0. The third kappa shape index (κ3) is 5.01. The second-order valence-corrected chi connectivity index (χ2v) is 6.86. The number of piperidine rings is 1. The number of rotatable bonds is 5. The lowest BCUT2D eigenvalue weighted by Gasteiger charge is -2.31. The molecule has 1 atom stereocenters. The normalized spacial score (nSPS) is 16.7. The van der Waals surface area contributed by atoms with Crippen molar-refractivity contribution in [3.63, 3.8) is 0 Å². The van der Waals surface area contributed by atoms with Crippen LogP contribution in [0.15, 0.2) is 48.5 Å². The molecule has 142 valence electrons. The highest BCUT2D eigenvalue weighted by Gasteiger charge is 2.30. The van der Waals surface area contributed by atoms with Gasteiger partial charge in [-0.1, -0.05) is 11.6 Å². The average molecular weight is 388 g/mol. The molecule has 0 unspecified atom stereocenters. The first-order chi connectivity index (χ1) is 13.1. The Hall–Kier alpha value is -2.53. The molecule has 0 N–H and O–H groups in total. The topological polar surface area (TPSA) is 55.8 Å². The van der Waals surface area contributed by atoms with Crippen molar-refractivity contribution in [3.8, 4) is 11.5 Å². The third-order valence-corrected chi connectivity index (χ3v) is 4.74. The number of likely N-dealkylation sites (tertiary alicyclic amines) is 1. The zero-order valence-electron chi connectivity index (χ0n) is 15.2. The van der Waals surface area contributed by atoms with Gasteiger partial charge in [0.1, 0.15) is 11.5 Å². The Kier molecular flexibility index (Phi) is 6.35. The van der Waals surface area contributed by atoms with Crippen LogP contribution < -0.4 is 9.47 Å². The third-order valence-electron chi connectivity index (χ3n) is 4.49. The van der Waals surface area contributed by atoms with Crippen molar-refractivity contribution in [1.82, 2.24) is 4.90 Å². The summed E-state index contributed by atoms with van der Waals surface area (Å²) in [5.74, 6) is 0.471. The molecule has 0 aliphatic carbocycles. The highest BCUT2D eigenvalue weighted by molar-refractivity contribution is 6.30. The van der Waals surface area contributed by atoms with Gasteiger partial charge in [0.25, 0.3) is 5.91 Å². The van der Waals surface area contributed by atoms with Gasteiger partial charge in [-0.15, -0.1) is 0 Å². The Morgan fingerprint density at radius 3 is 2.41 bits per heavy atom. The zero-order valence-corrected chi connectivity index (χ0v) is 15.9. The highest BCUT2D eigenvalue weighted by Crippen LogP contribution is 2.23. The Morgan fingerprint density at radius 1 is 1.07 bits per heavy atom. The number of carbonyl (C=O) groups excluding carboxylic acids is 2. The van der Waals surface area contributed by atoms with Gasteiger partial charge in [-0.2, -0.15) is 0 Å². The molecular formula is C21H22ClNO4. The summed E-state index contributed by atoms with van der Waals surface area (Å²) >= 11 is 5.88. The van der Waals surface area contributed by atoms with Crippen molar-refractivity contribution in [1.29, 1.82) is 0 Å². The molecule has 3 rings (SSSR count). The quantitative estimate of drug-likeness (QED) is 0.570. The second-order valence-electron chi connectivity index (χ2n) is 6.42. The van der Waals surface area contributed by atoms with Crippen LogP contribution in [0.5, 0.6) is 11.5 Å². The lowest BCUT2D eigenvalue weighted by molar-refractivity contribution is -0.140. The standard InChI is InChI=1S/C21H22ClNO4/c1-2-26-18-9-11-19(12-10-18)27-21(25)16-4-3-13-23(14-16)20(24)15-5-7-17(22)8-6-15/h5-12,16H,2-4,13-14H2,1H3/t16-/m1/s1. The molecule has 27 heavy (non-hydrogen) atoms. The van der Waals surface area contributed by atoms with Gasteiger partial charge in [-0.25, -0.2) is 0 Å². The molecule has 0 bridgehead atoms. The summed E-state index contributed by atoms with van der Waals surface area (Å²) in [6.45, 7) is 3.48. The summed E-state index contributed by atoms with van der Waals surface area (Å²) in [5.41, 5.74) is 0.569. The zero-order chi connectivity index (χ0) is 19.2. The van der Waals surface area contributed by atoms with E-state index < -0.39 is 0 Å². The van der Waals surface area contributed by atoms with E-state index in [4.69, 9.17) is 21.1 Å². The van der Waals surface area contributed by atoms with Crippen molar-refractivity contribution < 1.29 is 19.1 Å². The number of carbonyl (C=O) groups is 2. The maximum Gasteiger partial charge on any atom is 0.316 e. The van der Waals surface area contributed by atoms with E-state index in [-0.39, 0.29) is 17.8 Å². The minimum Gasteiger partial charge on any atom is -0.494 e. The Balaban J connectivity index is 1.60. The molecular weight excluding hydrogens is 366 g/mol. The van der Waals surface area contributed by atoms with Crippen molar-refractivity contribution in [2.24, 2.45) is 5.92 Å².